The Labute approximate surface area is 175 Å². The van der Waals surface area contributed by atoms with Crippen molar-refractivity contribution in [1.82, 2.24) is 13.5 Å². The topological polar surface area (TPSA) is 73.0 Å². The van der Waals surface area contributed by atoms with Gasteiger partial charge in [0.2, 0.25) is 0 Å². The molecule has 168 valence electrons. The summed E-state index contributed by atoms with van der Waals surface area (Å²) in [6.07, 6.45) is 0.249. The number of para-hydroxylation sites is 1. The van der Waals surface area contributed by atoms with Crippen molar-refractivity contribution in [3.05, 3.63) is 29.8 Å². The van der Waals surface area contributed by atoms with E-state index in [-0.39, 0.29) is 37.9 Å². The number of benzene rings is 1. The number of rotatable bonds is 4. The van der Waals surface area contributed by atoms with Crippen LogP contribution in [0, 0.1) is 0 Å². The number of hydrogen-bond acceptors (Lipinski definition) is 3. The third kappa shape index (κ3) is 5.06. The molecule has 0 aromatic heterocycles. The number of nitrogens with zero attached hydrogens (tertiary/aromatic N) is 3. The summed E-state index contributed by atoms with van der Waals surface area (Å²) < 4.78 is 67.9. The maximum atomic E-state index is 13.1. The number of amides is 2. The molecular formula is C19H27F3N4O3S. The SMILES string of the molecule is CN(C1CCCCC1)S(=O)(=O)N1CCN(C(=O)Nc2ccccc2C(F)(F)F)CC1. The van der Waals surface area contributed by atoms with Gasteiger partial charge in [-0.1, -0.05) is 31.4 Å². The number of halogens is 3. The van der Waals surface area contributed by atoms with Crippen LogP contribution in [0.25, 0.3) is 0 Å². The third-order valence-corrected chi connectivity index (χ3v) is 7.82. The van der Waals surface area contributed by atoms with Crippen LogP contribution < -0.4 is 5.32 Å². The number of hydrogen-bond donors (Lipinski definition) is 1. The van der Waals surface area contributed by atoms with Crippen LogP contribution in [-0.2, 0) is 16.4 Å². The number of anilines is 1. The summed E-state index contributed by atoms with van der Waals surface area (Å²) >= 11 is 0. The van der Waals surface area contributed by atoms with Crippen molar-refractivity contribution >= 4 is 21.9 Å². The van der Waals surface area contributed by atoms with Crippen molar-refractivity contribution in [2.24, 2.45) is 0 Å². The lowest BCUT2D eigenvalue weighted by molar-refractivity contribution is -0.136. The van der Waals surface area contributed by atoms with Crippen molar-refractivity contribution < 1.29 is 26.4 Å². The Balaban J connectivity index is 1.59. The lowest BCUT2D eigenvalue weighted by Gasteiger charge is -2.38. The number of carbonyl (C=O) groups excluding carboxylic acids is 1. The predicted molar refractivity (Wildman–Crippen MR) is 107 cm³/mol. The molecule has 3 rings (SSSR count). The maximum Gasteiger partial charge on any atom is 0.418 e. The molecule has 2 amide bonds. The van der Waals surface area contributed by atoms with Crippen LogP contribution in [0.3, 0.4) is 0 Å². The standard InChI is InChI=1S/C19H27F3N4O3S/c1-24(15-7-3-2-4-8-15)30(28,29)26-13-11-25(12-14-26)18(27)23-17-10-6-5-9-16(17)19(20,21)22/h5-6,9-10,15H,2-4,7-8,11-14H2,1H3,(H,23,27). The molecular weight excluding hydrogens is 421 g/mol. The normalized spacial score (nSPS) is 19.8. The molecule has 2 fully saturated rings. The largest absolute Gasteiger partial charge is 0.418 e. The smallest absolute Gasteiger partial charge is 0.322 e. The van der Waals surface area contributed by atoms with E-state index in [0.29, 0.717) is 0 Å². The average molecular weight is 449 g/mol. The number of alkyl halides is 3. The van der Waals surface area contributed by atoms with Crippen LogP contribution in [0.4, 0.5) is 23.7 Å². The van der Waals surface area contributed by atoms with E-state index in [1.165, 1.54) is 31.7 Å². The van der Waals surface area contributed by atoms with E-state index in [9.17, 15) is 26.4 Å². The second-order valence-electron chi connectivity index (χ2n) is 7.68. The molecule has 0 bridgehead atoms. The first-order chi connectivity index (χ1) is 14.1. The number of urea groups is 1. The van der Waals surface area contributed by atoms with Gasteiger partial charge in [-0.3, -0.25) is 0 Å². The Hall–Kier alpha value is -1.85. The molecule has 0 radical (unpaired) electrons. The lowest BCUT2D eigenvalue weighted by atomic mass is 9.96. The van der Waals surface area contributed by atoms with Crippen molar-refractivity contribution in [1.29, 1.82) is 0 Å². The molecule has 1 saturated heterocycles. The van der Waals surface area contributed by atoms with E-state index >= 15 is 0 Å². The second-order valence-corrected chi connectivity index (χ2v) is 9.66. The molecule has 1 aromatic rings. The summed E-state index contributed by atoms with van der Waals surface area (Å²) in [5.74, 6) is 0. The molecule has 0 unspecified atom stereocenters. The van der Waals surface area contributed by atoms with E-state index < -0.39 is 28.0 Å². The van der Waals surface area contributed by atoms with Crippen molar-refractivity contribution in [2.75, 3.05) is 38.5 Å². The van der Waals surface area contributed by atoms with Gasteiger partial charge in [-0.05, 0) is 25.0 Å². The fraction of sp³-hybridized carbons (Fsp3) is 0.632. The van der Waals surface area contributed by atoms with Crippen LogP contribution in [0.1, 0.15) is 37.7 Å². The van der Waals surface area contributed by atoms with Gasteiger partial charge in [0.25, 0.3) is 10.2 Å². The van der Waals surface area contributed by atoms with Gasteiger partial charge in [0.1, 0.15) is 0 Å². The minimum Gasteiger partial charge on any atom is -0.322 e. The average Bonchev–Trinajstić information content (AvgIpc) is 2.73. The van der Waals surface area contributed by atoms with Gasteiger partial charge in [0.05, 0.1) is 11.3 Å². The first-order valence-corrected chi connectivity index (χ1v) is 11.5. The fourth-order valence-electron chi connectivity index (χ4n) is 3.97. The van der Waals surface area contributed by atoms with Crippen LogP contribution in [0.2, 0.25) is 0 Å². The van der Waals surface area contributed by atoms with Gasteiger partial charge in [-0.25, -0.2) is 4.79 Å². The fourth-order valence-corrected chi connectivity index (χ4v) is 5.55. The van der Waals surface area contributed by atoms with E-state index in [1.807, 2.05) is 0 Å². The summed E-state index contributed by atoms with van der Waals surface area (Å²) in [5, 5.41) is 2.30. The zero-order valence-electron chi connectivity index (χ0n) is 16.9. The van der Waals surface area contributed by atoms with Gasteiger partial charge in [0.15, 0.2) is 0 Å². The van der Waals surface area contributed by atoms with Crippen molar-refractivity contribution in [3.8, 4) is 0 Å². The zero-order chi connectivity index (χ0) is 21.9. The molecule has 1 aliphatic carbocycles. The lowest BCUT2D eigenvalue weighted by Crippen LogP contribution is -2.55. The molecule has 30 heavy (non-hydrogen) atoms. The molecule has 1 aromatic carbocycles. The molecule has 0 spiro atoms. The van der Waals surface area contributed by atoms with Gasteiger partial charge in [0, 0.05) is 39.3 Å². The van der Waals surface area contributed by atoms with E-state index in [1.54, 1.807) is 7.05 Å². The van der Waals surface area contributed by atoms with Gasteiger partial charge >= 0.3 is 12.2 Å². The summed E-state index contributed by atoms with van der Waals surface area (Å²) in [6.45, 7) is 0.428. The van der Waals surface area contributed by atoms with Gasteiger partial charge < -0.3 is 10.2 Å². The van der Waals surface area contributed by atoms with E-state index in [0.717, 1.165) is 38.2 Å². The van der Waals surface area contributed by atoms with Gasteiger partial charge in [-0.15, -0.1) is 0 Å². The predicted octanol–water partition coefficient (Wildman–Crippen LogP) is 3.36. The van der Waals surface area contributed by atoms with Gasteiger partial charge in [-0.2, -0.15) is 30.2 Å². The van der Waals surface area contributed by atoms with Crippen LogP contribution in [-0.4, -0.2) is 67.2 Å². The summed E-state index contributed by atoms with van der Waals surface area (Å²) in [7, 11) is -2.04. The zero-order valence-corrected chi connectivity index (χ0v) is 17.7. The molecule has 11 heteroatoms. The Bertz CT molecular complexity index is 849. The highest BCUT2D eigenvalue weighted by atomic mass is 32.2. The summed E-state index contributed by atoms with van der Waals surface area (Å²) in [6, 6.07) is 4.08. The molecule has 0 atom stereocenters. The Morgan fingerprint density at radius 2 is 1.67 bits per heavy atom. The van der Waals surface area contributed by atoms with E-state index in [4.69, 9.17) is 0 Å². The van der Waals surface area contributed by atoms with Crippen LogP contribution in [0.15, 0.2) is 24.3 Å². The van der Waals surface area contributed by atoms with Crippen LogP contribution >= 0.6 is 0 Å². The Morgan fingerprint density at radius 3 is 2.27 bits per heavy atom. The molecule has 7 nitrogen and oxygen atoms in total. The second kappa shape index (κ2) is 9.11. The highest BCUT2D eigenvalue weighted by Gasteiger charge is 2.36. The quantitative estimate of drug-likeness (QED) is 0.768. The monoisotopic (exact) mass is 448 g/mol. The number of carbonyl (C=O) groups is 1. The molecule has 1 N–H and O–H groups in total. The van der Waals surface area contributed by atoms with Crippen molar-refractivity contribution in [3.63, 3.8) is 0 Å². The minimum absolute atomic E-state index is 0.0102. The molecule has 1 aliphatic heterocycles. The number of piperazine rings is 1. The minimum atomic E-state index is -4.58. The first kappa shape index (κ1) is 22.8. The molecule has 1 heterocycles. The Morgan fingerprint density at radius 1 is 1.07 bits per heavy atom. The third-order valence-electron chi connectivity index (χ3n) is 5.78. The highest BCUT2D eigenvalue weighted by molar-refractivity contribution is 7.86. The Kier molecular flexibility index (Phi) is 6.93. The maximum absolute atomic E-state index is 13.1. The highest BCUT2D eigenvalue weighted by Crippen LogP contribution is 2.34. The van der Waals surface area contributed by atoms with E-state index in [2.05, 4.69) is 5.32 Å². The summed E-state index contributed by atoms with van der Waals surface area (Å²) in [5.41, 5.74) is -1.24. The molecule has 1 saturated carbocycles. The number of nitrogens with one attached hydrogen (secondary N) is 1. The molecule has 2 aliphatic rings. The van der Waals surface area contributed by atoms with Crippen LogP contribution in [0.5, 0.6) is 0 Å². The van der Waals surface area contributed by atoms with Crippen molar-refractivity contribution in [2.45, 2.75) is 44.3 Å². The first-order valence-electron chi connectivity index (χ1n) is 10.1. The summed E-state index contributed by atoms with van der Waals surface area (Å²) in [4.78, 5) is 13.8.